The second kappa shape index (κ2) is 8.16. The zero-order valence-corrected chi connectivity index (χ0v) is 16.0. The number of nitrogens with one attached hydrogen (secondary N) is 2. The first-order valence-electron chi connectivity index (χ1n) is 8.44. The molecule has 2 aromatic rings. The lowest BCUT2D eigenvalue weighted by Crippen LogP contribution is -2.30. The molecule has 0 fully saturated rings. The molecule has 2 amide bonds. The van der Waals surface area contributed by atoms with Crippen molar-refractivity contribution in [1.29, 1.82) is 0 Å². The Morgan fingerprint density at radius 2 is 1.90 bits per heavy atom. The van der Waals surface area contributed by atoms with Gasteiger partial charge in [-0.3, -0.25) is 9.59 Å². The third kappa shape index (κ3) is 4.37. The first-order chi connectivity index (χ1) is 13.7. The summed E-state index contributed by atoms with van der Waals surface area (Å²) in [7, 11) is 0. The van der Waals surface area contributed by atoms with Crippen LogP contribution < -0.4 is 10.6 Å². The number of anilines is 2. The number of carbonyl (C=O) groups is 3. The van der Waals surface area contributed by atoms with E-state index in [0.29, 0.717) is 11.8 Å². The molecule has 1 aliphatic heterocycles. The minimum Gasteiger partial charge on any atom is -0.449 e. The molecule has 1 heterocycles. The summed E-state index contributed by atoms with van der Waals surface area (Å²) < 4.78 is 44.9. The maximum atomic E-state index is 13.7. The van der Waals surface area contributed by atoms with E-state index < -0.39 is 41.1 Å². The number of hydrogen-bond acceptors (Lipinski definition) is 5. The molecular formula is C19H15F3N2O4S. The topological polar surface area (TPSA) is 84.5 Å². The third-order valence-electron chi connectivity index (χ3n) is 4.09. The number of thioether (sulfide) groups is 1. The van der Waals surface area contributed by atoms with E-state index in [2.05, 4.69) is 5.32 Å². The van der Waals surface area contributed by atoms with Crippen molar-refractivity contribution in [2.24, 2.45) is 0 Å². The first kappa shape index (κ1) is 20.7. The van der Waals surface area contributed by atoms with E-state index in [1.165, 1.54) is 30.8 Å². The van der Waals surface area contributed by atoms with Gasteiger partial charge in [-0.2, -0.15) is 0 Å². The predicted octanol–water partition coefficient (Wildman–Crippen LogP) is 3.72. The lowest BCUT2D eigenvalue weighted by Gasteiger charge is -2.22. The molecule has 2 atom stereocenters. The number of hydrogen-bond donors (Lipinski definition) is 2. The van der Waals surface area contributed by atoms with Crippen LogP contribution in [0.15, 0.2) is 35.2 Å². The lowest BCUT2D eigenvalue weighted by molar-refractivity contribution is -0.123. The van der Waals surface area contributed by atoms with E-state index in [0.717, 1.165) is 11.0 Å². The number of ether oxygens (including phenoxy) is 1. The molecule has 0 aromatic heterocycles. The fraction of sp³-hybridized carbons (Fsp3) is 0.211. The molecular weight excluding hydrogens is 409 g/mol. The van der Waals surface area contributed by atoms with Gasteiger partial charge >= 0.3 is 5.97 Å². The molecule has 0 radical (unpaired) electrons. The number of rotatable bonds is 4. The van der Waals surface area contributed by atoms with Crippen LogP contribution in [-0.4, -0.2) is 29.1 Å². The fourth-order valence-corrected chi connectivity index (χ4v) is 3.41. The van der Waals surface area contributed by atoms with Gasteiger partial charge in [-0.05, 0) is 44.2 Å². The molecule has 3 rings (SSSR count). The summed E-state index contributed by atoms with van der Waals surface area (Å²) in [6.45, 7) is 2.99. The number of halogens is 3. The molecule has 1 aliphatic rings. The van der Waals surface area contributed by atoms with E-state index in [1.54, 1.807) is 13.0 Å². The highest BCUT2D eigenvalue weighted by atomic mass is 32.2. The van der Waals surface area contributed by atoms with E-state index in [4.69, 9.17) is 4.74 Å². The highest BCUT2D eigenvalue weighted by Gasteiger charge is 2.26. The lowest BCUT2D eigenvalue weighted by atomic mass is 10.2. The van der Waals surface area contributed by atoms with Gasteiger partial charge < -0.3 is 15.4 Å². The van der Waals surface area contributed by atoms with Crippen molar-refractivity contribution in [1.82, 2.24) is 0 Å². The SMILES string of the molecule is C[C@@H]1Sc2ccc(C(=O)O[C@H](C)C(=O)Nc3ccc(F)c(F)c3F)cc2NC1=O. The predicted molar refractivity (Wildman–Crippen MR) is 100 cm³/mol. The molecule has 0 aliphatic carbocycles. The standard InChI is InChI=1S/C19H15F3N2O4S/c1-8(17(25)23-12-5-4-11(20)15(21)16(12)22)28-19(27)10-3-6-14-13(7-10)24-18(26)9(2)29-14/h3-9H,1-2H3,(H,23,25)(H,24,26)/t8-,9+/m1/s1. The van der Waals surface area contributed by atoms with E-state index in [-0.39, 0.29) is 16.7 Å². The van der Waals surface area contributed by atoms with E-state index in [9.17, 15) is 27.6 Å². The number of esters is 1. The maximum absolute atomic E-state index is 13.7. The normalized spacial score (nSPS) is 16.4. The van der Waals surface area contributed by atoms with Crippen molar-refractivity contribution in [3.05, 3.63) is 53.3 Å². The molecule has 6 nitrogen and oxygen atoms in total. The van der Waals surface area contributed by atoms with Gasteiger partial charge in [0.05, 0.1) is 22.2 Å². The molecule has 152 valence electrons. The van der Waals surface area contributed by atoms with E-state index in [1.807, 2.05) is 5.32 Å². The van der Waals surface area contributed by atoms with Gasteiger partial charge in [-0.1, -0.05) is 0 Å². The maximum Gasteiger partial charge on any atom is 0.338 e. The summed E-state index contributed by atoms with van der Waals surface area (Å²) in [5.41, 5.74) is -0.0363. The van der Waals surface area contributed by atoms with Crippen molar-refractivity contribution in [3.63, 3.8) is 0 Å². The first-order valence-corrected chi connectivity index (χ1v) is 9.32. The van der Waals surface area contributed by atoms with Crippen LogP contribution in [0.2, 0.25) is 0 Å². The van der Waals surface area contributed by atoms with Crippen molar-refractivity contribution < 1.29 is 32.3 Å². The summed E-state index contributed by atoms with van der Waals surface area (Å²) in [6.07, 6.45) is -1.35. The van der Waals surface area contributed by atoms with Crippen LogP contribution in [0.5, 0.6) is 0 Å². The summed E-state index contributed by atoms with van der Waals surface area (Å²) in [4.78, 5) is 37.0. The molecule has 10 heteroatoms. The third-order valence-corrected chi connectivity index (χ3v) is 5.27. The van der Waals surface area contributed by atoms with Crippen LogP contribution in [0.3, 0.4) is 0 Å². The Kier molecular flexibility index (Phi) is 5.83. The Hall–Kier alpha value is -3.01. The van der Waals surface area contributed by atoms with Gasteiger partial charge in [0.1, 0.15) is 0 Å². The zero-order chi connectivity index (χ0) is 21.3. The minimum absolute atomic E-state index is 0.0952. The number of amides is 2. The van der Waals surface area contributed by atoms with Gasteiger partial charge in [-0.15, -0.1) is 11.8 Å². The van der Waals surface area contributed by atoms with E-state index >= 15 is 0 Å². The van der Waals surface area contributed by atoms with Crippen LogP contribution in [0.4, 0.5) is 24.5 Å². The fourth-order valence-electron chi connectivity index (χ4n) is 2.47. The summed E-state index contributed by atoms with van der Waals surface area (Å²) in [5, 5.41) is 4.45. The van der Waals surface area contributed by atoms with Crippen LogP contribution in [0.25, 0.3) is 0 Å². The molecule has 0 unspecified atom stereocenters. The Bertz CT molecular complexity index is 1020. The zero-order valence-electron chi connectivity index (χ0n) is 15.2. The summed E-state index contributed by atoms with van der Waals surface area (Å²) in [5.74, 6) is -6.66. The average Bonchev–Trinajstić information content (AvgIpc) is 2.68. The van der Waals surface area contributed by atoms with Crippen LogP contribution in [-0.2, 0) is 14.3 Å². The number of benzene rings is 2. The second-order valence-corrected chi connectivity index (χ2v) is 7.60. The Morgan fingerprint density at radius 3 is 2.62 bits per heavy atom. The summed E-state index contributed by atoms with van der Waals surface area (Å²) >= 11 is 1.34. The van der Waals surface area contributed by atoms with Gasteiger partial charge in [0, 0.05) is 4.90 Å². The van der Waals surface area contributed by atoms with Crippen LogP contribution in [0.1, 0.15) is 24.2 Å². The van der Waals surface area contributed by atoms with Crippen LogP contribution in [0, 0.1) is 17.5 Å². The number of carbonyl (C=O) groups excluding carboxylic acids is 3. The average molecular weight is 424 g/mol. The van der Waals surface area contributed by atoms with Crippen molar-refractivity contribution in [2.45, 2.75) is 30.1 Å². The largest absolute Gasteiger partial charge is 0.449 e. The molecule has 0 saturated carbocycles. The molecule has 0 saturated heterocycles. The molecule has 2 N–H and O–H groups in total. The molecule has 29 heavy (non-hydrogen) atoms. The highest BCUT2D eigenvalue weighted by Crippen LogP contribution is 2.36. The Balaban J connectivity index is 1.68. The Morgan fingerprint density at radius 1 is 1.17 bits per heavy atom. The van der Waals surface area contributed by atoms with Gasteiger partial charge in [0.25, 0.3) is 5.91 Å². The quantitative estimate of drug-likeness (QED) is 0.577. The summed E-state index contributed by atoms with van der Waals surface area (Å²) in [6, 6.07) is 6.07. The van der Waals surface area contributed by atoms with Gasteiger partial charge in [0.2, 0.25) is 5.91 Å². The monoisotopic (exact) mass is 424 g/mol. The molecule has 2 aromatic carbocycles. The van der Waals surface area contributed by atoms with Crippen LogP contribution >= 0.6 is 11.8 Å². The molecule has 0 spiro atoms. The second-order valence-electron chi connectivity index (χ2n) is 6.22. The molecule has 0 bridgehead atoms. The van der Waals surface area contributed by atoms with Crippen molar-refractivity contribution >= 4 is 40.9 Å². The van der Waals surface area contributed by atoms with Crippen molar-refractivity contribution in [3.8, 4) is 0 Å². The smallest absolute Gasteiger partial charge is 0.338 e. The highest BCUT2D eigenvalue weighted by molar-refractivity contribution is 8.00. The Labute approximate surface area is 167 Å². The van der Waals surface area contributed by atoms with Gasteiger partial charge in [0.15, 0.2) is 23.6 Å². The minimum atomic E-state index is -1.73. The number of fused-ring (bicyclic) bond motifs is 1. The van der Waals surface area contributed by atoms with Crippen molar-refractivity contribution in [2.75, 3.05) is 10.6 Å². The van der Waals surface area contributed by atoms with Gasteiger partial charge in [-0.25, -0.2) is 18.0 Å².